The van der Waals surface area contributed by atoms with Crippen LogP contribution in [0.15, 0.2) is 23.1 Å². The van der Waals surface area contributed by atoms with Crippen molar-refractivity contribution >= 4 is 15.9 Å². The summed E-state index contributed by atoms with van der Waals surface area (Å²) in [5.74, 6) is -1.09. The molecule has 25 heavy (non-hydrogen) atoms. The van der Waals surface area contributed by atoms with Gasteiger partial charge in [0.1, 0.15) is 18.0 Å². The van der Waals surface area contributed by atoms with Crippen molar-refractivity contribution in [3.63, 3.8) is 0 Å². The predicted molar refractivity (Wildman–Crippen MR) is 85.7 cm³/mol. The molecule has 2 atom stereocenters. The van der Waals surface area contributed by atoms with Gasteiger partial charge in [-0.25, -0.2) is 17.2 Å². The molecule has 3 rings (SSSR count). The van der Waals surface area contributed by atoms with Crippen molar-refractivity contribution in [3.8, 4) is 0 Å². The molecule has 9 heteroatoms. The smallest absolute Gasteiger partial charge is 0.244 e. The van der Waals surface area contributed by atoms with Crippen molar-refractivity contribution < 1.29 is 26.7 Å². The lowest BCUT2D eigenvalue weighted by Crippen LogP contribution is -2.50. The Morgan fingerprint density at radius 2 is 1.96 bits per heavy atom. The number of benzene rings is 1. The molecular weight excluding hydrogens is 354 g/mol. The molecule has 0 radical (unpaired) electrons. The van der Waals surface area contributed by atoms with E-state index in [9.17, 15) is 22.0 Å². The monoisotopic (exact) mass is 374 g/mol. The largest absolute Gasteiger partial charge is 0.378 e. The van der Waals surface area contributed by atoms with Crippen LogP contribution in [0.25, 0.3) is 0 Å². The van der Waals surface area contributed by atoms with Crippen molar-refractivity contribution in [2.24, 2.45) is 0 Å². The summed E-state index contributed by atoms with van der Waals surface area (Å²) in [4.78, 5) is 13.9. The summed E-state index contributed by atoms with van der Waals surface area (Å²) in [5, 5.41) is 0. The second-order valence-corrected chi connectivity index (χ2v) is 8.16. The first kappa shape index (κ1) is 18.2. The van der Waals surface area contributed by atoms with E-state index in [-0.39, 0.29) is 11.3 Å². The molecule has 0 spiro atoms. The molecule has 1 aromatic rings. The zero-order valence-corrected chi connectivity index (χ0v) is 14.6. The average molecular weight is 374 g/mol. The maximum atomic E-state index is 14.0. The number of hydrogen-bond donors (Lipinski definition) is 0. The maximum Gasteiger partial charge on any atom is 0.244 e. The van der Waals surface area contributed by atoms with Crippen LogP contribution in [-0.4, -0.2) is 68.6 Å². The van der Waals surface area contributed by atoms with E-state index in [1.165, 1.54) is 24.0 Å². The predicted octanol–water partition coefficient (Wildman–Crippen LogP) is 1.09. The summed E-state index contributed by atoms with van der Waals surface area (Å²) in [7, 11) is -4.17. The Kier molecular flexibility index (Phi) is 5.08. The topological polar surface area (TPSA) is 66.9 Å². The van der Waals surface area contributed by atoms with E-state index in [0.717, 1.165) is 10.4 Å². The summed E-state index contributed by atoms with van der Waals surface area (Å²) >= 11 is 0. The number of nitrogens with zero attached hydrogens (tertiary/aromatic N) is 2. The molecule has 0 aromatic heterocycles. The fraction of sp³-hybridized carbons (Fsp3) is 0.562. The zero-order valence-electron chi connectivity index (χ0n) is 13.8. The number of sulfonamides is 1. The average Bonchev–Trinajstić information content (AvgIpc) is 3.00. The number of halogens is 2. The summed E-state index contributed by atoms with van der Waals surface area (Å²) in [5.41, 5.74) is 0.310. The number of hydrogen-bond acceptors (Lipinski definition) is 4. The van der Waals surface area contributed by atoms with Gasteiger partial charge in [-0.2, -0.15) is 4.31 Å². The first-order valence-corrected chi connectivity index (χ1v) is 9.53. The van der Waals surface area contributed by atoms with E-state index in [4.69, 9.17) is 4.74 Å². The fourth-order valence-electron chi connectivity index (χ4n) is 3.11. The van der Waals surface area contributed by atoms with Crippen LogP contribution in [0.5, 0.6) is 0 Å². The van der Waals surface area contributed by atoms with Crippen molar-refractivity contribution in [2.75, 3.05) is 32.8 Å². The Hall–Kier alpha value is -1.58. The van der Waals surface area contributed by atoms with Crippen LogP contribution in [0.4, 0.5) is 8.78 Å². The number of carbonyl (C=O) groups is 1. The molecule has 0 unspecified atom stereocenters. The van der Waals surface area contributed by atoms with Crippen LogP contribution in [0.2, 0.25) is 0 Å². The lowest BCUT2D eigenvalue weighted by Gasteiger charge is -2.32. The molecule has 6 nitrogen and oxygen atoms in total. The van der Waals surface area contributed by atoms with Crippen LogP contribution in [0, 0.1) is 12.7 Å². The highest BCUT2D eigenvalue weighted by Crippen LogP contribution is 2.30. The van der Waals surface area contributed by atoms with Crippen LogP contribution >= 0.6 is 0 Å². The van der Waals surface area contributed by atoms with Gasteiger partial charge in [-0.1, -0.05) is 6.07 Å². The Morgan fingerprint density at radius 1 is 1.28 bits per heavy atom. The second-order valence-electron chi connectivity index (χ2n) is 6.27. The highest BCUT2D eigenvalue weighted by Gasteiger charge is 2.45. The SMILES string of the molecule is Cc1ccc(S(=O)(=O)N2C[C@@H](F)C[C@H]2C(=O)N2CCOCC2)cc1F. The Balaban J connectivity index is 1.89. The summed E-state index contributed by atoms with van der Waals surface area (Å²) < 4.78 is 59.5. The first-order chi connectivity index (χ1) is 11.8. The number of alkyl halides is 1. The van der Waals surface area contributed by atoms with Crippen LogP contribution < -0.4 is 0 Å². The van der Waals surface area contributed by atoms with E-state index in [2.05, 4.69) is 0 Å². The van der Waals surface area contributed by atoms with E-state index < -0.39 is 40.5 Å². The molecule has 1 aromatic carbocycles. The molecule has 0 aliphatic carbocycles. The van der Waals surface area contributed by atoms with Gasteiger partial charge in [0, 0.05) is 26.1 Å². The Morgan fingerprint density at radius 3 is 2.60 bits per heavy atom. The summed E-state index contributed by atoms with van der Waals surface area (Å²) in [6, 6.07) is 2.42. The van der Waals surface area contributed by atoms with Crippen LogP contribution in [-0.2, 0) is 19.6 Å². The minimum atomic E-state index is -4.17. The summed E-state index contributed by atoms with van der Waals surface area (Å²) in [6.07, 6.45) is -1.62. The maximum absolute atomic E-state index is 14.0. The first-order valence-electron chi connectivity index (χ1n) is 8.09. The molecule has 1 amide bonds. The van der Waals surface area contributed by atoms with Gasteiger partial charge in [0.25, 0.3) is 0 Å². The number of rotatable bonds is 3. The van der Waals surface area contributed by atoms with Gasteiger partial charge < -0.3 is 9.64 Å². The van der Waals surface area contributed by atoms with Crippen molar-refractivity contribution in [2.45, 2.75) is 30.5 Å². The molecular formula is C16H20F2N2O4S. The van der Waals surface area contributed by atoms with Gasteiger partial charge in [0.05, 0.1) is 18.1 Å². The zero-order chi connectivity index (χ0) is 18.2. The molecule has 2 aliphatic heterocycles. The summed E-state index contributed by atoms with van der Waals surface area (Å²) in [6.45, 7) is 2.54. The van der Waals surface area contributed by atoms with Crippen molar-refractivity contribution in [1.82, 2.24) is 9.21 Å². The lowest BCUT2D eigenvalue weighted by molar-refractivity contribution is -0.138. The van der Waals surface area contributed by atoms with E-state index >= 15 is 0 Å². The highest BCUT2D eigenvalue weighted by molar-refractivity contribution is 7.89. The quantitative estimate of drug-likeness (QED) is 0.795. The van der Waals surface area contributed by atoms with Crippen LogP contribution in [0.3, 0.4) is 0 Å². The minimum Gasteiger partial charge on any atom is -0.378 e. The normalized spacial score (nSPS) is 25.3. The standard InChI is InChI=1S/C16H20F2N2O4S/c1-11-2-3-13(9-14(11)18)25(22,23)20-10-12(17)8-15(20)16(21)19-4-6-24-7-5-19/h2-3,9,12,15H,4-8,10H2,1H3/t12-,15-/m0/s1. The molecule has 2 aliphatic rings. The van der Waals surface area contributed by atoms with Gasteiger partial charge in [0.15, 0.2) is 0 Å². The molecule has 0 saturated carbocycles. The highest BCUT2D eigenvalue weighted by atomic mass is 32.2. The number of morpholine rings is 1. The third kappa shape index (κ3) is 3.54. The van der Waals surface area contributed by atoms with Gasteiger partial charge in [-0.05, 0) is 24.6 Å². The molecule has 2 fully saturated rings. The van der Waals surface area contributed by atoms with E-state index in [1.54, 1.807) is 0 Å². The number of ether oxygens (including phenoxy) is 1. The van der Waals surface area contributed by atoms with Gasteiger partial charge in [-0.3, -0.25) is 4.79 Å². The molecule has 2 heterocycles. The van der Waals surface area contributed by atoms with Gasteiger partial charge >= 0.3 is 0 Å². The molecule has 2 saturated heterocycles. The minimum absolute atomic E-state index is 0.191. The molecule has 0 N–H and O–H groups in total. The van der Waals surface area contributed by atoms with Crippen LogP contribution in [0.1, 0.15) is 12.0 Å². The second kappa shape index (κ2) is 6.97. The van der Waals surface area contributed by atoms with E-state index in [0.29, 0.717) is 31.9 Å². The van der Waals surface area contributed by atoms with E-state index in [1.807, 2.05) is 0 Å². The molecule has 0 bridgehead atoms. The lowest BCUT2D eigenvalue weighted by atomic mass is 10.2. The van der Waals surface area contributed by atoms with Gasteiger partial charge in [0.2, 0.25) is 15.9 Å². The molecule has 138 valence electrons. The Labute approximate surface area is 145 Å². The van der Waals surface area contributed by atoms with Crippen molar-refractivity contribution in [3.05, 3.63) is 29.6 Å². The number of amides is 1. The number of carbonyl (C=O) groups excluding carboxylic acids is 1. The fourth-order valence-corrected chi connectivity index (χ4v) is 4.74. The third-order valence-corrected chi connectivity index (χ3v) is 6.43. The van der Waals surface area contributed by atoms with Crippen molar-refractivity contribution in [1.29, 1.82) is 0 Å². The third-order valence-electron chi connectivity index (χ3n) is 4.56. The van der Waals surface area contributed by atoms with Gasteiger partial charge in [-0.15, -0.1) is 0 Å². The number of aryl methyl sites for hydroxylation is 1. The Bertz CT molecular complexity index is 765.